The Kier molecular flexibility index (Phi) is 9.91. The number of benzene rings is 3. The maximum Gasteiger partial charge on any atom is 0.247 e. The van der Waals surface area contributed by atoms with Crippen LogP contribution < -0.4 is 22.1 Å². The molecule has 44 heavy (non-hydrogen) atoms. The maximum atomic E-state index is 14.2. The molecule has 0 saturated carbocycles. The minimum atomic E-state index is -0.843. The molecule has 3 amide bonds. The van der Waals surface area contributed by atoms with E-state index in [1.54, 1.807) is 4.90 Å². The van der Waals surface area contributed by atoms with Gasteiger partial charge in [-0.1, -0.05) is 66.7 Å². The Hall–Kier alpha value is -5.12. The number of amides is 3. The number of anilines is 1. The van der Waals surface area contributed by atoms with Crippen molar-refractivity contribution in [1.82, 2.24) is 15.2 Å². The summed E-state index contributed by atoms with van der Waals surface area (Å²) in [5, 5.41) is 6.90. The molecule has 1 fully saturated rings. The van der Waals surface area contributed by atoms with E-state index in [-0.39, 0.29) is 36.0 Å². The number of H-pyrrole nitrogens is 1. The van der Waals surface area contributed by atoms with Crippen LogP contribution in [0.1, 0.15) is 30.4 Å². The van der Waals surface area contributed by atoms with Gasteiger partial charge in [-0.25, -0.2) is 0 Å². The summed E-state index contributed by atoms with van der Waals surface area (Å²) in [5.74, 6) is -0.759. The Bertz CT molecular complexity index is 1600. The molecule has 0 unspecified atom stereocenters. The zero-order valence-electron chi connectivity index (χ0n) is 24.6. The van der Waals surface area contributed by atoms with Crippen LogP contribution in [-0.4, -0.2) is 58.7 Å². The average Bonchev–Trinajstić information content (AvgIpc) is 3.63. The number of aromatic amines is 1. The molecule has 228 valence electrons. The molecule has 2 heterocycles. The Morgan fingerprint density at radius 1 is 0.955 bits per heavy atom. The third-order valence-corrected chi connectivity index (χ3v) is 7.99. The number of para-hydroxylation sites is 2. The molecule has 0 aliphatic carbocycles. The van der Waals surface area contributed by atoms with Crippen LogP contribution in [0.3, 0.4) is 0 Å². The van der Waals surface area contributed by atoms with E-state index in [0.717, 1.165) is 28.5 Å². The molecule has 0 bridgehead atoms. The number of aromatic nitrogens is 1. The van der Waals surface area contributed by atoms with Crippen LogP contribution in [0.5, 0.6) is 0 Å². The lowest BCUT2D eigenvalue weighted by molar-refractivity contribution is -0.140. The first kappa shape index (κ1) is 30.3. The number of nitrogens with two attached hydrogens (primary N) is 2. The Morgan fingerprint density at radius 2 is 1.66 bits per heavy atom. The normalized spacial score (nSPS) is 16.8. The molecule has 1 saturated heterocycles. The number of nitrogens with one attached hydrogen (secondary N) is 3. The van der Waals surface area contributed by atoms with E-state index in [1.807, 2.05) is 79.0 Å². The maximum absolute atomic E-state index is 14.2. The van der Waals surface area contributed by atoms with Gasteiger partial charge >= 0.3 is 0 Å². The number of carbonyl (C=O) groups excluding carboxylic acids is 3. The number of fused-ring (bicyclic) bond motifs is 1. The first-order valence-electron chi connectivity index (χ1n) is 15.0. The van der Waals surface area contributed by atoms with Crippen molar-refractivity contribution in [2.24, 2.45) is 22.4 Å². The highest BCUT2D eigenvalue weighted by atomic mass is 16.2. The summed E-state index contributed by atoms with van der Waals surface area (Å²) in [6.45, 7) is 0.725. The van der Waals surface area contributed by atoms with Crippen molar-refractivity contribution in [3.63, 3.8) is 0 Å². The van der Waals surface area contributed by atoms with E-state index >= 15 is 0 Å². The van der Waals surface area contributed by atoms with E-state index in [1.165, 1.54) is 0 Å². The topological polar surface area (TPSA) is 159 Å². The van der Waals surface area contributed by atoms with Crippen LogP contribution in [0.4, 0.5) is 5.69 Å². The molecule has 3 aromatic carbocycles. The van der Waals surface area contributed by atoms with E-state index in [2.05, 4.69) is 32.7 Å². The molecule has 1 aliphatic rings. The molecule has 7 N–H and O–H groups in total. The Balaban J connectivity index is 1.35. The number of guanidine groups is 1. The molecule has 3 atom stereocenters. The van der Waals surface area contributed by atoms with Crippen molar-refractivity contribution in [3.8, 4) is 0 Å². The molecule has 1 aromatic heterocycles. The molecule has 10 heteroatoms. The Labute approximate surface area is 256 Å². The van der Waals surface area contributed by atoms with Gasteiger partial charge in [-0.15, -0.1) is 0 Å². The molecular weight excluding hydrogens is 554 g/mol. The number of likely N-dealkylation sites (tertiary alicyclic amines) is 1. The first-order chi connectivity index (χ1) is 21.4. The molecule has 5 rings (SSSR count). The van der Waals surface area contributed by atoms with Gasteiger partial charge in [-0.3, -0.25) is 19.4 Å². The lowest BCUT2D eigenvalue weighted by Crippen LogP contribution is -2.53. The first-order valence-corrected chi connectivity index (χ1v) is 15.0. The summed E-state index contributed by atoms with van der Waals surface area (Å²) in [5.41, 5.74) is 14.6. The molecule has 1 aliphatic heterocycles. The molecule has 4 aromatic rings. The smallest absolute Gasteiger partial charge is 0.247 e. The third-order valence-electron chi connectivity index (χ3n) is 7.99. The van der Waals surface area contributed by atoms with Crippen molar-refractivity contribution in [2.75, 3.05) is 18.4 Å². The van der Waals surface area contributed by atoms with Crippen molar-refractivity contribution < 1.29 is 14.4 Å². The van der Waals surface area contributed by atoms with Crippen molar-refractivity contribution in [1.29, 1.82) is 0 Å². The van der Waals surface area contributed by atoms with Crippen molar-refractivity contribution >= 4 is 40.3 Å². The van der Waals surface area contributed by atoms with Crippen molar-refractivity contribution in [2.45, 2.75) is 44.2 Å². The predicted molar refractivity (Wildman–Crippen MR) is 173 cm³/mol. The number of aliphatic imine (C=N–C) groups is 1. The van der Waals surface area contributed by atoms with Gasteiger partial charge in [0.15, 0.2) is 5.96 Å². The van der Waals surface area contributed by atoms with Gasteiger partial charge in [0, 0.05) is 35.9 Å². The van der Waals surface area contributed by atoms with Gasteiger partial charge in [0.2, 0.25) is 17.7 Å². The summed E-state index contributed by atoms with van der Waals surface area (Å²) in [4.78, 5) is 50.1. The average molecular weight is 594 g/mol. The SMILES string of the molecule is NC(N)=NCCC[C@H](NC(=O)Cc1c[nH]c2ccccc12)C(=O)N1C[C@H](Cc2ccccc2)C[C@H]1C(=O)Nc1ccccc1. The number of carbonyl (C=O) groups is 3. The monoisotopic (exact) mass is 593 g/mol. The van der Waals surface area contributed by atoms with E-state index in [4.69, 9.17) is 11.5 Å². The number of nitrogens with zero attached hydrogens (tertiary/aromatic N) is 2. The van der Waals surface area contributed by atoms with Gasteiger partial charge < -0.3 is 32.0 Å². The van der Waals surface area contributed by atoms with Crippen LogP contribution >= 0.6 is 0 Å². The highest BCUT2D eigenvalue weighted by Crippen LogP contribution is 2.29. The zero-order chi connectivity index (χ0) is 30.9. The minimum absolute atomic E-state index is 0.0304. The van der Waals surface area contributed by atoms with Crippen LogP contribution in [0.2, 0.25) is 0 Å². The molecule has 0 radical (unpaired) electrons. The standard InChI is InChI=1S/C34H39N7O3/c35-34(36)37-17-9-16-29(40-31(42)20-25-21-38-28-15-8-7-14-27(25)28)33(44)41-22-24(18-23-10-3-1-4-11-23)19-30(41)32(43)39-26-12-5-2-6-13-26/h1-8,10-15,21,24,29-30,38H,9,16-20,22H2,(H,39,43)(H,40,42)(H4,35,36,37)/t24-,29+,30+/m1/s1. The fourth-order valence-corrected chi connectivity index (χ4v) is 5.91. The van der Waals surface area contributed by atoms with Gasteiger partial charge in [0.1, 0.15) is 12.1 Å². The largest absolute Gasteiger partial charge is 0.370 e. The molecule has 10 nitrogen and oxygen atoms in total. The second kappa shape index (κ2) is 14.4. The quantitative estimate of drug-likeness (QED) is 0.0967. The molecule has 0 spiro atoms. The highest BCUT2D eigenvalue weighted by molar-refractivity contribution is 5.99. The van der Waals surface area contributed by atoms with Crippen LogP contribution in [0.15, 0.2) is 96.1 Å². The summed E-state index contributed by atoms with van der Waals surface area (Å²) >= 11 is 0. The number of rotatable bonds is 12. The van der Waals surface area contributed by atoms with Crippen molar-refractivity contribution in [3.05, 3.63) is 102 Å². The second-order valence-electron chi connectivity index (χ2n) is 11.3. The summed E-state index contributed by atoms with van der Waals surface area (Å²) in [6.07, 6.45) is 3.98. The van der Waals surface area contributed by atoms with Crippen LogP contribution in [0.25, 0.3) is 10.9 Å². The van der Waals surface area contributed by atoms with E-state index in [0.29, 0.717) is 38.0 Å². The van der Waals surface area contributed by atoms with E-state index < -0.39 is 12.1 Å². The van der Waals surface area contributed by atoms with Crippen LogP contribution in [-0.2, 0) is 27.2 Å². The lowest BCUT2D eigenvalue weighted by Gasteiger charge is -2.29. The summed E-state index contributed by atoms with van der Waals surface area (Å²) in [6, 6.07) is 25.5. The fraction of sp³-hybridized carbons (Fsp3) is 0.294. The fourth-order valence-electron chi connectivity index (χ4n) is 5.91. The minimum Gasteiger partial charge on any atom is -0.370 e. The second-order valence-corrected chi connectivity index (χ2v) is 11.3. The zero-order valence-corrected chi connectivity index (χ0v) is 24.6. The van der Waals surface area contributed by atoms with Gasteiger partial charge in [-0.2, -0.15) is 0 Å². The van der Waals surface area contributed by atoms with Crippen LogP contribution in [0, 0.1) is 5.92 Å². The van der Waals surface area contributed by atoms with Gasteiger partial charge in [0.05, 0.1) is 6.42 Å². The Morgan fingerprint density at radius 3 is 2.41 bits per heavy atom. The highest BCUT2D eigenvalue weighted by Gasteiger charge is 2.42. The summed E-state index contributed by atoms with van der Waals surface area (Å²) in [7, 11) is 0. The number of hydrogen-bond acceptors (Lipinski definition) is 4. The van der Waals surface area contributed by atoms with Gasteiger partial charge in [0.25, 0.3) is 0 Å². The van der Waals surface area contributed by atoms with E-state index in [9.17, 15) is 14.4 Å². The van der Waals surface area contributed by atoms with Gasteiger partial charge in [-0.05, 0) is 60.9 Å². The number of hydrogen-bond donors (Lipinski definition) is 5. The summed E-state index contributed by atoms with van der Waals surface area (Å²) < 4.78 is 0. The predicted octanol–water partition coefficient (Wildman–Crippen LogP) is 3.35. The molecular formula is C34H39N7O3. The lowest BCUT2D eigenvalue weighted by atomic mass is 9.96. The third kappa shape index (κ3) is 7.83.